The van der Waals surface area contributed by atoms with Crippen LogP contribution in [0.25, 0.3) is 33.4 Å². The molecule has 13 heteroatoms. The molecule has 0 amide bonds. The van der Waals surface area contributed by atoms with Crippen LogP contribution in [0.1, 0.15) is 34.1 Å². The van der Waals surface area contributed by atoms with Crippen LogP contribution < -0.4 is 19.6 Å². The molecule has 0 saturated carbocycles. The smallest absolute Gasteiger partial charge is 0.304 e. The van der Waals surface area contributed by atoms with Gasteiger partial charge in [-0.3, -0.25) is 9.35 Å². The molecule has 2 aromatic carbocycles. The van der Waals surface area contributed by atoms with Crippen molar-refractivity contribution in [2.24, 2.45) is 0 Å². The summed E-state index contributed by atoms with van der Waals surface area (Å²) in [6.07, 6.45) is -0.459. The SMILES string of the molecule is CCN(CC)c1ccc2c(-c3ccc(S(=O)(=O)NCCC(=O)O)cc3S(=O)(=O)O)c3ccc(=[N+](CC)CC)cc-3oc2c1. The Kier molecular flexibility index (Phi) is 9.60. The minimum absolute atomic E-state index is 0.0870. The van der Waals surface area contributed by atoms with Gasteiger partial charge in [0.05, 0.1) is 17.4 Å². The van der Waals surface area contributed by atoms with Gasteiger partial charge in [-0.25, -0.2) is 17.7 Å². The van der Waals surface area contributed by atoms with Crippen molar-refractivity contribution in [1.82, 2.24) is 9.30 Å². The summed E-state index contributed by atoms with van der Waals surface area (Å²) < 4.78 is 72.3. The molecule has 2 aliphatic rings. The number of aliphatic carboxylic acids is 1. The van der Waals surface area contributed by atoms with Gasteiger partial charge in [-0.15, -0.1) is 0 Å². The average Bonchev–Trinajstić information content (AvgIpc) is 2.96. The average molecular weight is 631 g/mol. The minimum atomic E-state index is -4.93. The van der Waals surface area contributed by atoms with Crippen LogP contribution in [0, 0.1) is 0 Å². The fourth-order valence-corrected chi connectivity index (χ4v) is 7.05. The molecule has 1 aliphatic carbocycles. The molecular weight excluding hydrogens is 594 g/mol. The summed E-state index contributed by atoms with van der Waals surface area (Å²) in [6, 6.07) is 14.7. The molecule has 0 unspecified atom stereocenters. The van der Waals surface area contributed by atoms with Gasteiger partial charge in [0.15, 0.2) is 0 Å². The summed E-state index contributed by atoms with van der Waals surface area (Å²) in [6.45, 7) is 10.8. The van der Waals surface area contributed by atoms with Crippen LogP contribution in [0.4, 0.5) is 5.69 Å². The minimum Gasteiger partial charge on any atom is -0.481 e. The summed E-state index contributed by atoms with van der Waals surface area (Å²) in [5.41, 5.74) is 2.50. The number of nitrogens with one attached hydrogen (secondary N) is 1. The van der Waals surface area contributed by atoms with E-state index in [4.69, 9.17) is 9.52 Å². The number of anilines is 1. The van der Waals surface area contributed by atoms with E-state index in [0.717, 1.165) is 43.3 Å². The molecule has 1 aliphatic heterocycles. The van der Waals surface area contributed by atoms with Crippen molar-refractivity contribution in [2.75, 3.05) is 37.6 Å². The topological polar surface area (TPSA) is 157 Å². The Balaban J connectivity index is 2.07. The number of fused-ring (bicyclic) bond motifs is 2. The van der Waals surface area contributed by atoms with E-state index >= 15 is 0 Å². The number of nitrogens with zero attached hydrogens (tertiary/aromatic N) is 2. The molecule has 0 aromatic heterocycles. The van der Waals surface area contributed by atoms with Crippen LogP contribution in [-0.2, 0) is 24.9 Å². The molecule has 0 bridgehead atoms. The van der Waals surface area contributed by atoms with Crippen LogP contribution in [0.15, 0.2) is 68.8 Å². The van der Waals surface area contributed by atoms with Crippen molar-refractivity contribution in [2.45, 2.75) is 43.9 Å². The van der Waals surface area contributed by atoms with E-state index in [9.17, 15) is 26.2 Å². The van der Waals surface area contributed by atoms with Crippen LogP contribution in [0.2, 0.25) is 0 Å². The molecule has 0 atom stereocenters. The lowest BCUT2D eigenvalue weighted by molar-refractivity contribution is -0.136. The molecule has 230 valence electrons. The van der Waals surface area contributed by atoms with Gasteiger partial charge in [-0.05, 0) is 58.0 Å². The van der Waals surface area contributed by atoms with Crippen molar-refractivity contribution >= 4 is 42.8 Å². The van der Waals surface area contributed by atoms with E-state index in [1.807, 2.05) is 64.1 Å². The monoisotopic (exact) mass is 630 g/mol. The van der Waals surface area contributed by atoms with Crippen LogP contribution in [0.3, 0.4) is 0 Å². The maximum Gasteiger partial charge on any atom is 0.304 e. The first-order chi connectivity index (χ1) is 20.3. The van der Waals surface area contributed by atoms with Crippen molar-refractivity contribution in [3.8, 4) is 22.5 Å². The molecule has 0 spiro atoms. The second kappa shape index (κ2) is 12.8. The van der Waals surface area contributed by atoms with Gasteiger partial charge >= 0.3 is 5.97 Å². The summed E-state index contributed by atoms with van der Waals surface area (Å²) in [5.74, 6) is -0.713. The second-order valence-corrected chi connectivity index (χ2v) is 13.0. The molecule has 0 saturated heterocycles. The fourth-order valence-electron chi connectivity index (χ4n) is 5.19. The van der Waals surface area contributed by atoms with Gasteiger partial charge in [0.1, 0.15) is 29.3 Å². The lowest BCUT2D eigenvalue weighted by Crippen LogP contribution is -2.29. The highest BCUT2D eigenvalue weighted by molar-refractivity contribution is 7.89. The van der Waals surface area contributed by atoms with E-state index in [1.165, 1.54) is 12.1 Å². The van der Waals surface area contributed by atoms with Crippen LogP contribution >= 0.6 is 0 Å². The maximum atomic E-state index is 12.9. The normalized spacial score (nSPS) is 12.1. The highest BCUT2D eigenvalue weighted by atomic mass is 32.2. The van der Waals surface area contributed by atoms with Crippen molar-refractivity contribution in [3.05, 3.63) is 60.0 Å². The number of hydrogen-bond acceptors (Lipinski definition) is 7. The zero-order chi connectivity index (χ0) is 31.5. The van der Waals surface area contributed by atoms with Gasteiger partial charge in [-0.2, -0.15) is 8.42 Å². The second-order valence-electron chi connectivity index (χ2n) is 9.86. The first-order valence-corrected chi connectivity index (χ1v) is 16.9. The molecule has 1 heterocycles. The molecule has 43 heavy (non-hydrogen) atoms. The quantitative estimate of drug-likeness (QED) is 0.120. The van der Waals surface area contributed by atoms with E-state index in [1.54, 1.807) is 0 Å². The van der Waals surface area contributed by atoms with Crippen LogP contribution in [-0.4, -0.2) is 65.2 Å². The number of carboxylic acids is 1. The molecule has 4 rings (SSSR count). The Morgan fingerprint density at radius 2 is 1.58 bits per heavy atom. The van der Waals surface area contributed by atoms with Gasteiger partial charge in [0.2, 0.25) is 15.4 Å². The molecule has 0 fully saturated rings. The summed E-state index contributed by atoms with van der Waals surface area (Å²) in [5, 5.41) is 10.3. The summed E-state index contributed by atoms with van der Waals surface area (Å²) in [4.78, 5) is 12.0. The van der Waals surface area contributed by atoms with Crippen molar-refractivity contribution in [1.29, 1.82) is 0 Å². The predicted molar refractivity (Wildman–Crippen MR) is 165 cm³/mol. The zero-order valence-electron chi connectivity index (χ0n) is 24.5. The van der Waals surface area contributed by atoms with E-state index in [-0.39, 0.29) is 12.1 Å². The fraction of sp³-hybridized carbons (Fsp3) is 0.333. The highest BCUT2D eigenvalue weighted by Gasteiger charge is 2.27. The summed E-state index contributed by atoms with van der Waals surface area (Å²) in [7, 11) is -9.21. The van der Waals surface area contributed by atoms with Crippen LogP contribution in [0.5, 0.6) is 0 Å². The predicted octanol–water partition coefficient (Wildman–Crippen LogP) is 3.86. The maximum absolute atomic E-state index is 12.9. The Morgan fingerprint density at radius 3 is 2.19 bits per heavy atom. The number of carboxylic acid groups (broad SMARTS) is 1. The van der Waals surface area contributed by atoms with Gasteiger partial charge in [0, 0.05) is 59.5 Å². The molecule has 2 aromatic rings. The highest BCUT2D eigenvalue weighted by Crippen LogP contribution is 2.43. The largest absolute Gasteiger partial charge is 0.481 e. The Labute approximate surface area is 251 Å². The number of carbonyl (C=O) groups is 1. The third-order valence-corrected chi connectivity index (χ3v) is 9.74. The van der Waals surface area contributed by atoms with Gasteiger partial charge in [0.25, 0.3) is 10.1 Å². The molecular formula is C30H36N3O8S2+. The van der Waals surface area contributed by atoms with Crippen molar-refractivity contribution < 1.29 is 35.7 Å². The Bertz CT molecular complexity index is 1920. The van der Waals surface area contributed by atoms with Crippen molar-refractivity contribution in [3.63, 3.8) is 0 Å². The Morgan fingerprint density at radius 1 is 0.907 bits per heavy atom. The third-order valence-electron chi connectivity index (χ3n) is 7.39. The number of benzene rings is 3. The molecule has 0 radical (unpaired) electrons. The lowest BCUT2D eigenvalue weighted by Gasteiger charge is -2.22. The molecule has 11 nitrogen and oxygen atoms in total. The first-order valence-electron chi connectivity index (χ1n) is 14.0. The zero-order valence-corrected chi connectivity index (χ0v) is 26.1. The van der Waals surface area contributed by atoms with Gasteiger partial charge in [-0.1, -0.05) is 6.07 Å². The molecule has 3 N–H and O–H groups in total. The number of hydrogen-bond donors (Lipinski definition) is 3. The number of sulfonamides is 1. The third kappa shape index (κ3) is 6.74. The Hall–Kier alpha value is -3.78. The number of rotatable bonds is 12. The van der Waals surface area contributed by atoms with E-state index in [2.05, 4.69) is 14.2 Å². The van der Waals surface area contributed by atoms with Gasteiger partial charge < -0.3 is 14.4 Å². The summed E-state index contributed by atoms with van der Waals surface area (Å²) >= 11 is 0. The van der Waals surface area contributed by atoms with E-state index < -0.39 is 42.3 Å². The lowest BCUT2D eigenvalue weighted by atomic mass is 9.93. The first kappa shape index (κ1) is 32.1. The van der Waals surface area contributed by atoms with E-state index in [0.29, 0.717) is 27.9 Å². The standard InChI is InChI=1S/C30H35N3O8S2/c1-5-32(6-2)20-9-12-23-26(17-20)41-27-18-21(33(7-3)8-4)10-13-24(27)30(23)25-14-11-22(19-28(25)43(38,39)40)42(36,37)31-16-15-29(34)35/h9-14,17-19,31H,5-8,15-16H2,1-4H3,(H-,34,35,38,39,40)/p+1.